The van der Waals surface area contributed by atoms with Gasteiger partial charge < -0.3 is 19.0 Å². The van der Waals surface area contributed by atoms with Crippen molar-refractivity contribution in [2.24, 2.45) is 20.5 Å². The summed E-state index contributed by atoms with van der Waals surface area (Å²) >= 11 is 0. The minimum Gasteiger partial charge on any atom is -0.744 e. The number of nitrogens with two attached hydrogens (primary N) is 1. The molecule has 0 amide bonds. The summed E-state index contributed by atoms with van der Waals surface area (Å²) in [6.07, 6.45) is 0. The highest BCUT2D eigenvalue weighted by atomic mass is 32.2. The number of nitrogens with zero attached hydrogens (tertiary/aromatic N) is 4. The van der Waals surface area contributed by atoms with Gasteiger partial charge in [-0.3, -0.25) is 0 Å². The van der Waals surface area contributed by atoms with E-state index in [1.54, 1.807) is 60.7 Å². The topological polar surface area (TPSA) is 233 Å². The molecule has 0 bridgehead atoms. The van der Waals surface area contributed by atoms with Crippen LogP contribution in [0.25, 0.3) is 21.9 Å². The summed E-state index contributed by atoms with van der Waals surface area (Å²) in [4.78, 5) is -1.41. The first-order valence-corrected chi connectivity index (χ1v) is 19.2. The Morgan fingerprint density at radius 2 is 1.04 bits per heavy atom. The SMILES string of the molecule is Cc1ccc(S(=O)(=O)Oc2ccc(N=Nc3ccc(-c4ccc(N=Nc5c(N)c(S(=O)(=O)[O-])cc6cc(S(=O)(=O)[O-])ccc56)cc4)cc3)cc2)cc1. The van der Waals surface area contributed by atoms with Gasteiger partial charge in [-0.25, -0.2) is 16.8 Å². The maximum Gasteiger partial charge on any atom is 0.339 e. The first kappa shape index (κ1) is 36.0. The van der Waals surface area contributed by atoms with Crippen LogP contribution in [0.5, 0.6) is 5.75 Å². The number of anilines is 1. The van der Waals surface area contributed by atoms with Crippen molar-refractivity contribution in [2.45, 2.75) is 21.6 Å². The number of fused-ring (bicyclic) bond motifs is 1. The Morgan fingerprint density at radius 1 is 0.558 bits per heavy atom. The highest BCUT2D eigenvalue weighted by molar-refractivity contribution is 7.87. The van der Waals surface area contributed by atoms with E-state index in [9.17, 15) is 34.4 Å². The third-order valence-corrected chi connectivity index (χ3v) is 10.6. The molecule has 264 valence electrons. The Bertz CT molecular complexity index is 2700. The van der Waals surface area contributed by atoms with Gasteiger partial charge in [0.05, 0.1) is 32.5 Å². The van der Waals surface area contributed by atoms with E-state index >= 15 is 0 Å². The van der Waals surface area contributed by atoms with Gasteiger partial charge in [0.1, 0.15) is 36.6 Å². The molecule has 52 heavy (non-hydrogen) atoms. The maximum atomic E-state index is 12.5. The zero-order chi connectivity index (χ0) is 37.3. The molecule has 17 heteroatoms. The van der Waals surface area contributed by atoms with Gasteiger partial charge in [-0.15, -0.1) is 5.11 Å². The van der Waals surface area contributed by atoms with Crippen molar-refractivity contribution in [1.29, 1.82) is 0 Å². The second-order valence-corrected chi connectivity index (χ2v) is 15.5. The van der Waals surface area contributed by atoms with Crippen LogP contribution in [0.3, 0.4) is 0 Å². The summed E-state index contributed by atoms with van der Waals surface area (Å²) in [5, 5.41) is 16.8. The Balaban J connectivity index is 1.15. The molecule has 0 saturated carbocycles. The molecule has 0 aliphatic rings. The minimum absolute atomic E-state index is 0.0490. The highest BCUT2D eigenvalue weighted by Gasteiger charge is 2.18. The van der Waals surface area contributed by atoms with E-state index in [4.69, 9.17) is 9.92 Å². The number of rotatable bonds is 10. The molecule has 6 aromatic carbocycles. The normalized spacial score (nSPS) is 12.5. The van der Waals surface area contributed by atoms with E-state index in [2.05, 4.69) is 20.5 Å². The molecule has 0 aromatic heterocycles. The first-order valence-electron chi connectivity index (χ1n) is 15.0. The number of aryl methyl sites for hydroxylation is 1. The average Bonchev–Trinajstić information content (AvgIpc) is 3.10. The van der Waals surface area contributed by atoms with Gasteiger partial charge in [-0.05, 0) is 102 Å². The predicted molar refractivity (Wildman–Crippen MR) is 190 cm³/mol. The third kappa shape index (κ3) is 8.20. The zero-order valence-corrected chi connectivity index (χ0v) is 29.3. The Morgan fingerprint density at radius 3 is 1.54 bits per heavy atom. The van der Waals surface area contributed by atoms with E-state index in [-0.39, 0.29) is 27.1 Å². The lowest BCUT2D eigenvalue weighted by Crippen LogP contribution is -2.09. The van der Waals surface area contributed by atoms with Crippen LogP contribution in [0.2, 0.25) is 0 Å². The van der Waals surface area contributed by atoms with Crippen LogP contribution >= 0.6 is 0 Å². The number of hydrogen-bond acceptors (Lipinski definition) is 14. The number of benzene rings is 6. The van der Waals surface area contributed by atoms with Gasteiger partial charge in [-0.2, -0.15) is 23.8 Å². The van der Waals surface area contributed by atoms with Gasteiger partial charge in [0.15, 0.2) is 0 Å². The molecule has 0 radical (unpaired) electrons. The lowest BCUT2D eigenvalue weighted by atomic mass is 10.1. The van der Waals surface area contributed by atoms with Gasteiger partial charge in [0.25, 0.3) is 0 Å². The Hall–Kier alpha value is -5.85. The van der Waals surface area contributed by atoms with E-state index in [1.165, 1.54) is 30.3 Å². The van der Waals surface area contributed by atoms with Crippen molar-refractivity contribution in [3.63, 3.8) is 0 Å². The Labute approximate surface area is 298 Å². The monoisotopic (exact) mass is 755 g/mol. The van der Waals surface area contributed by atoms with E-state index in [1.807, 2.05) is 19.1 Å². The summed E-state index contributed by atoms with van der Waals surface area (Å²) in [6, 6.07) is 30.5. The van der Waals surface area contributed by atoms with Crippen molar-refractivity contribution in [1.82, 2.24) is 0 Å². The largest absolute Gasteiger partial charge is 0.744 e. The smallest absolute Gasteiger partial charge is 0.339 e. The molecule has 6 aromatic rings. The lowest BCUT2D eigenvalue weighted by molar-refractivity contribution is 0.461. The molecule has 0 atom stereocenters. The zero-order valence-electron chi connectivity index (χ0n) is 26.8. The number of hydrogen-bond donors (Lipinski definition) is 1. The van der Waals surface area contributed by atoms with Gasteiger partial charge >= 0.3 is 10.1 Å². The van der Waals surface area contributed by atoms with Crippen LogP contribution in [-0.4, -0.2) is 34.4 Å². The van der Waals surface area contributed by atoms with Gasteiger partial charge in [-0.1, -0.05) is 48.0 Å². The maximum absolute atomic E-state index is 12.5. The summed E-state index contributed by atoms with van der Waals surface area (Å²) in [5.41, 5.74) is 9.28. The third-order valence-electron chi connectivity index (χ3n) is 7.61. The van der Waals surface area contributed by atoms with Crippen LogP contribution in [0.15, 0.2) is 156 Å². The standard InChI is InChI=1S/C35H27N5O9S3/c1-22-2-16-30(17-3-22)52(47,48)49-29-14-12-28(13-15-29)38-37-26-8-4-23(5-9-26)24-6-10-27(11-7-24)39-40-35-32-19-18-31(50(41,42)43)20-25(32)21-33(34(35)36)51(44,45)46/h2-21H,36H2,1H3,(H,41,42,43)(H,44,45,46)/p-2. The molecule has 0 fully saturated rings. The molecule has 0 spiro atoms. The molecule has 0 unspecified atom stereocenters. The van der Waals surface area contributed by atoms with E-state index < -0.39 is 45.8 Å². The number of nitrogen functional groups attached to an aromatic ring is 1. The molecular weight excluding hydrogens is 731 g/mol. The highest BCUT2D eigenvalue weighted by Crippen LogP contribution is 2.39. The molecule has 14 nitrogen and oxygen atoms in total. The van der Waals surface area contributed by atoms with Gasteiger partial charge in [0, 0.05) is 5.39 Å². The fraction of sp³-hybridized carbons (Fsp3) is 0.0286. The van der Waals surface area contributed by atoms with Crippen molar-refractivity contribution < 1.29 is 38.5 Å². The number of azo groups is 2. The summed E-state index contributed by atoms with van der Waals surface area (Å²) in [6.45, 7) is 1.85. The molecule has 0 saturated heterocycles. The first-order chi connectivity index (χ1) is 24.6. The molecule has 6 rings (SSSR count). The fourth-order valence-corrected chi connectivity index (χ4v) is 7.01. The molecule has 0 heterocycles. The summed E-state index contributed by atoms with van der Waals surface area (Å²) in [7, 11) is -13.9. The van der Waals surface area contributed by atoms with Crippen LogP contribution in [0.1, 0.15) is 5.56 Å². The average molecular weight is 756 g/mol. The van der Waals surface area contributed by atoms with Crippen molar-refractivity contribution >= 4 is 69.6 Å². The van der Waals surface area contributed by atoms with Crippen molar-refractivity contribution in [3.05, 3.63) is 127 Å². The lowest BCUT2D eigenvalue weighted by Gasteiger charge is -2.15. The predicted octanol–water partition coefficient (Wildman–Crippen LogP) is 7.80. The second kappa shape index (κ2) is 14.0. The molecular formula is C35H25N5O9S3-2. The minimum atomic E-state index is -5.09. The van der Waals surface area contributed by atoms with Gasteiger partial charge in [0.2, 0.25) is 0 Å². The summed E-state index contributed by atoms with van der Waals surface area (Å²) < 4.78 is 100. The van der Waals surface area contributed by atoms with Crippen molar-refractivity contribution in [2.75, 3.05) is 5.73 Å². The Kier molecular flexibility index (Phi) is 9.71. The van der Waals surface area contributed by atoms with Crippen LogP contribution in [0.4, 0.5) is 28.4 Å². The van der Waals surface area contributed by atoms with E-state index in [0.29, 0.717) is 17.1 Å². The van der Waals surface area contributed by atoms with Crippen LogP contribution in [0, 0.1) is 6.92 Å². The molecule has 0 aliphatic carbocycles. The fourth-order valence-electron chi connectivity index (χ4n) is 4.94. The van der Waals surface area contributed by atoms with E-state index in [0.717, 1.165) is 34.9 Å². The molecule has 2 N–H and O–H groups in total. The quantitative estimate of drug-likeness (QED) is 0.0616. The second-order valence-electron chi connectivity index (χ2n) is 11.3. The van der Waals surface area contributed by atoms with Crippen molar-refractivity contribution in [3.8, 4) is 16.9 Å². The summed E-state index contributed by atoms with van der Waals surface area (Å²) in [5.74, 6) is 0.132. The van der Waals surface area contributed by atoms with Crippen LogP contribution < -0.4 is 9.92 Å². The van der Waals surface area contributed by atoms with Crippen LogP contribution in [-0.2, 0) is 30.4 Å². The molecule has 0 aliphatic heterocycles.